The summed E-state index contributed by atoms with van der Waals surface area (Å²) in [5, 5.41) is 9.29. The van der Waals surface area contributed by atoms with Crippen LogP contribution in [-0.4, -0.2) is 29.0 Å². The van der Waals surface area contributed by atoms with E-state index in [0.29, 0.717) is 6.54 Å². The van der Waals surface area contributed by atoms with Gasteiger partial charge in [-0.1, -0.05) is 36.4 Å². The zero-order valence-electron chi connectivity index (χ0n) is 18.4. The number of hydrogen-bond acceptors (Lipinski definition) is 3. The summed E-state index contributed by atoms with van der Waals surface area (Å²) in [6, 6.07) is 15.1. The smallest absolute Gasteiger partial charge is 0.315 e. The first-order valence-electron chi connectivity index (χ1n) is 11.9. The van der Waals surface area contributed by atoms with Crippen molar-refractivity contribution in [3.63, 3.8) is 0 Å². The van der Waals surface area contributed by atoms with Crippen molar-refractivity contribution in [1.82, 2.24) is 20.9 Å². The molecule has 6 nitrogen and oxygen atoms in total. The number of hydrogen-bond donors (Lipinski definition) is 3. The van der Waals surface area contributed by atoms with Crippen LogP contribution < -0.4 is 16.0 Å². The number of nitrogens with zero attached hydrogens (tertiary/aromatic N) is 1. The van der Waals surface area contributed by atoms with Crippen molar-refractivity contribution < 1.29 is 9.59 Å². The van der Waals surface area contributed by atoms with Crippen molar-refractivity contribution in [1.29, 1.82) is 0 Å². The summed E-state index contributed by atoms with van der Waals surface area (Å²) in [7, 11) is 0. The van der Waals surface area contributed by atoms with Crippen LogP contribution in [0.5, 0.6) is 0 Å². The maximum atomic E-state index is 12.7. The molecule has 2 aromatic rings. The van der Waals surface area contributed by atoms with E-state index in [1.54, 1.807) is 6.20 Å². The second-order valence-electron chi connectivity index (χ2n) is 9.99. The molecule has 1 aromatic heterocycles. The Hall–Kier alpha value is -2.89. The van der Waals surface area contributed by atoms with E-state index in [0.717, 1.165) is 48.3 Å². The van der Waals surface area contributed by atoms with Gasteiger partial charge in [0.15, 0.2) is 0 Å². The van der Waals surface area contributed by atoms with Gasteiger partial charge in [-0.2, -0.15) is 0 Å². The summed E-state index contributed by atoms with van der Waals surface area (Å²) in [6.45, 7) is 0.313. The lowest BCUT2D eigenvalue weighted by atomic mass is 9.53. The van der Waals surface area contributed by atoms with E-state index in [2.05, 4.69) is 20.9 Å². The molecule has 168 valence electrons. The zero-order chi connectivity index (χ0) is 22.0. The average molecular weight is 433 g/mol. The van der Waals surface area contributed by atoms with Crippen molar-refractivity contribution in [2.75, 3.05) is 6.54 Å². The number of aromatic nitrogens is 1. The fourth-order valence-electron chi connectivity index (χ4n) is 6.59. The van der Waals surface area contributed by atoms with Gasteiger partial charge >= 0.3 is 6.03 Å². The molecule has 3 N–H and O–H groups in total. The Kier molecular flexibility index (Phi) is 5.85. The summed E-state index contributed by atoms with van der Waals surface area (Å²) < 4.78 is 0. The minimum atomic E-state index is -0.314. The van der Waals surface area contributed by atoms with Crippen LogP contribution in [0, 0.1) is 17.8 Å². The number of carbonyl (C=O) groups is 2. The third kappa shape index (κ3) is 4.64. The van der Waals surface area contributed by atoms with Crippen molar-refractivity contribution in [2.24, 2.45) is 17.8 Å². The monoisotopic (exact) mass is 432 g/mol. The van der Waals surface area contributed by atoms with Gasteiger partial charge in [0.05, 0.1) is 11.7 Å². The van der Waals surface area contributed by atoms with Gasteiger partial charge in [0, 0.05) is 24.7 Å². The summed E-state index contributed by atoms with van der Waals surface area (Å²) in [4.78, 5) is 29.7. The first kappa shape index (κ1) is 21.0. The van der Waals surface area contributed by atoms with E-state index in [1.807, 2.05) is 48.5 Å². The van der Waals surface area contributed by atoms with Gasteiger partial charge in [-0.05, 0) is 74.0 Å². The Labute approximate surface area is 189 Å². The Bertz CT molecular complexity index is 872. The van der Waals surface area contributed by atoms with Crippen LogP contribution in [0.2, 0.25) is 0 Å². The minimum Gasteiger partial charge on any atom is -0.344 e. The molecule has 4 fully saturated rings. The lowest BCUT2D eigenvalue weighted by molar-refractivity contribution is -0.121. The summed E-state index contributed by atoms with van der Waals surface area (Å²) in [6.07, 6.45) is 9.37. The van der Waals surface area contributed by atoms with E-state index in [9.17, 15) is 9.59 Å². The van der Waals surface area contributed by atoms with Gasteiger partial charge in [0.2, 0.25) is 5.91 Å². The Balaban J connectivity index is 1.13. The molecule has 4 saturated carbocycles. The zero-order valence-corrected chi connectivity index (χ0v) is 18.4. The molecule has 4 bridgehead atoms. The molecule has 1 aromatic carbocycles. The molecule has 1 unspecified atom stereocenters. The van der Waals surface area contributed by atoms with E-state index >= 15 is 0 Å². The number of amides is 3. The molecule has 6 rings (SSSR count). The number of benzene rings is 1. The largest absolute Gasteiger partial charge is 0.344 e. The van der Waals surface area contributed by atoms with E-state index in [1.165, 1.54) is 19.3 Å². The summed E-state index contributed by atoms with van der Waals surface area (Å²) >= 11 is 0. The molecule has 32 heavy (non-hydrogen) atoms. The normalized spacial score (nSPS) is 28.7. The fraction of sp³-hybridized carbons (Fsp3) is 0.500. The standard InChI is InChI=1S/C26H32N4O2/c31-23(29-24(21-6-2-1-3-7-21)22-8-4-5-10-27-22)9-11-28-25(32)30-26-15-18-12-19(16-26)14-20(13-18)17-26/h1-8,10,18-20,24H,9,11-17H2,(H,29,31)(H2,28,30,32). The highest BCUT2D eigenvalue weighted by molar-refractivity contribution is 5.79. The maximum Gasteiger partial charge on any atom is 0.315 e. The lowest BCUT2D eigenvalue weighted by Gasteiger charge is -2.56. The van der Waals surface area contributed by atoms with Crippen molar-refractivity contribution >= 4 is 11.9 Å². The van der Waals surface area contributed by atoms with Crippen LogP contribution in [-0.2, 0) is 4.79 Å². The molecule has 3 amide bonds. The molecule has 1 heterocycles. The third-order valence-corrected chi connectivity index (χ3v) is 7.48. The Morgan fingerprint density at radius 1 is 0.938 bits per heavy atom. The predicted octanol–water partition coefficient (Wildman–Crippen LogP) is 3.95. The van der Waals surface area contributed by atoms with Crippen LogP contribution in [0.3, 0.4) is 0 Å². The molecule has 6 heteroatoms. The molecule has 0 radical (unpaired) electrons. The molecule has 4 aliphatic rings. The van der Waals surface area contributed by atoms with Gasteiger partial charge in [0.25, 0.3) is 0 Å². The first-order chi connectivity index (χ1) is 15.6. The van der Waals surface area contributed by atoms with Crippen LogP contribution in [0.15, 0.2) is 54.7 Å². The van der Waals surface area contributed by atoms with Crippen LogP contribution in [0.1, 0.15) is 62.2 Å². The Morgan fingerprint density at radius 3 is 2.22 bits per heavy atom. The van der Waals surface area contributed by atoms with E-state index in [4.69, 9.17) is 0 Å². The molecule has 0 saturated heterocycles. The highest BCUT2D eigenvalue weighted by atomic mass is 16.2. The highest BCUT2D eigenvalue weighted by Gasteiger charge is 2.51. The van der Waals surface area contributed by atoms with E-state index < -0.39 is 0 Å². The summed E-state index contributed by atoms with van der Waals surface area (Å²) in [5.41, 5.74) is 1.75. The van der Waals surface area contributed by atoms with Gasteiger partial charge in [-0.3, -0.25) is 9.78 Å². The first-order valence-corrected chi connectivity index (χ1v) is 11.9. The lowest BCUT2D eigenvalue weighted by Crippen LogP contribution is -2.61. The second kappa shape index (κ2) is 8.93. The minimum absolute atomic E-state index is 0.0154. The Morgan fingerprint density at radius 2 is 1.59 bits per heavy atom. The summed E-state index contributed by atoms with van der Waals surface area (Å²) in [5.74, 6) is 2.25. The highest BCUT2D eigenvalue weighted by Crippen LogP contribution is 2.55. The molecule has 0 spiro atoms. The van der Waals surface area contributed by atoms with Gasteiger partial charge in [-0.25, -0.2) is 4.79 Å². The van der Waals surface area contributed by atoms with Gasteiger partial charge < -0.3 is 16.0 Å². The number of rotatable bonds is 7. The average Bonchev–Trinajstić information content (AvgIpc) is 2.77. The molecular weight excluding hydrogens is 400 g/mol. The van der Waals surface area contributed by atoms with E-state index in [-0.39, 0.29) is 29.9 Å². The molecule has 0 aliphatic heterocycles. The topological polar surface area (TPSA) is 83.1 Å². The van der Waals surface area contributed by atoms with Crippen LogP contribution in [0.25, 0.3) is 0 Å². The number of pyridine rings is 1. The van der Waals surface area contributed by atoms with Crippen molar-refractivity contribution in [3.8, 4) is 0 Å². The number of nitrogens with one attached hydrogen (secondary N) is 3. The molecule has 4 aliphatic carbocycles. The van der Waals surface area contributed by atoms with Crippen LogP contribution >= 0.6 is 0 Å². The SMILES string of the molecule is O=C(CCNC(=O)NC12CC3CC(CC(C3)C1)C2)NC(c1ccccc1)c1ccccn1. The molecule has 1 atom stereocenters. The number of urea groups is 1. The van der Waals surface area contributed by atoms with Crippen molar-refractivity contribution in [3.05, 3.63) is 66.0 Å². The van der Waals surface area contributed by atoms with Crippen molar-refractivity contribution in [2.45, 2.75) is 56.5 Å². The quantitative estimate of drug-likeness (QED) is 0.620. The molecular formula is C26H32N4O2. The van der Waals surface area contributed by atoms with Gasteiger partial charge in [-0.15, -0.1) is 0 Å². The fourth-order valence-corrected chi connectivity index (χ4v) is 6.59. The number of carbonyl (C=O) groups excluding carboxylic acids is 2. The van der Waals surface area contributed by atoms with Crippen LogP contribution in [0.4, 0.5) is 4.79 Å². The predicted molar refractivity (Wildman–Crippen MR) is 123 cm³/mol. The second-order valence-corrected chi connectivity index (χ2v) is 9.99. The van der Waals surface area contributed by atoms with Gasteiger partial charge in [0.1, 0.15) is 0 Å². The maximum absolute atomic E-state index is 12.7. The third-order valence-electron chi connectivity index (χ3n) is 7.48.